The van der Waals surface area contributed by atoms with E-state index >= 15 is 0 Å². The Bertz CT molecular complexity index is 1050. The first-order valence-corrected chi connectivity index (χ1v) is 11.2. The molecule has 0 aliphatic heterocycles. The van der Waals surface area contributed by atoms with Crippen LogP contribution in [-0.4, -0.2) is 55.4 Å². The number of anilines is 1. The first kappa shape index (κ1) is 24.8. The van der Waals surface area contributed by atoms with Crippen LogP contribution in [0.5, 0.6) is 0 Å². The minimum absolute atomic E-state index is 0.0989. The Hall–Kier alpha value is -3.51. The minimum Gasteiger partial charge on any atom is -0.480 e. The van der Waals surface area contributed by atoms with Gasteiger partial charge in [-0.25, -0.2) is 13.4 Å². The number of carboxylic acid groups (broad SMARTS) is 1. The van der Waals surface area contributed by atoms with Gasteiger partial charge < -0.3 is 21.5 Å². The number of hydrogen-bond acceptors (Lipinski definition) is 7. The first-order chi connectivity index (χ1) is 15.2. The Balaban J connectivity index is 1.74. The Morgan fingerprint density at radius 1 is 1.00 bits per heavy atom. The van der Waals surface area contributed by atoms with Crippen LogP contribution >= 0.6 is 0 Å². The van der Waals surface area contributed by atoms with E-state index in [1.54, 1.807) is 24.3 Å². The van der Waals surface area contributed by atoms with Crippen LogP contribution in [0.15, 0.2) is 53.4 Å². The molecule has 0 aliphatic carbocycles. The van der Waals surface area contributed by atoms with Crippen molar-refractivity contribution in [3.05, 3.63) is 54.2 Å². The number of nitrogen functional groups attached to an aromatic ring is 1. The number of benzene rings is 1. The van der Waals surface area contributed by atoms with E-state index in [1.165, 1.54) is 24.3 Å². The lowest BCUT2D eigenvalue weighted by Gasteiger charge is -2.16. The maximum atomic E-state index is 12.3. The van der Waals surface area contributed by atoms with Gasteiger partial charge in [0.25, 0.3) is 0 Å². The van der Waals surface area contributed by atoms with E-state index < -0.39 is 34.5 Å². The molecule has 2 aromatic rings. The number of hydrogen-bond donors (Lipinski definition) is 5. The standard InChI is InChI=1S/C20H25N5O6S/c21-17-10-4-6-14(24-17)7-5-11-18(26)23-13-19(27)22-12-16(20(28)29)25-32(30,31)15-8-2-1-3-9-15/h1-4,6,8-10,16,25H,5,7,11-13H2,(H2,21,24)(H,22,27)(H,23,26)(H,28,29)/t16-/m1/s1. The minimum atomic E-state index is -4.08. The molecule has 172 valence electrons. The number of pyridine rings is 1. The van der Waals surface area contributed by atoms with E-state index in [-0.39, 0.29) is 23.8 Å². The topological polar surface area (TPSA) is 181 Å². The number of aryl methyl sites for hydroxylation is 1. The van der Waals surface area contributed by atoms with Crippen molar-refractivity contribution in [1.29, 1.82) is 0 Å². The number of nitrogens with one attached hydrogen (secondary N) is 3. The van der Waals surface area contributed by atoms with Crippen molar-refractivity contribution < 1.29 is 27.9 Å². The SMILES string of the molecule is Nc1cccc(CCCC(=O)NCC(=O)NC[C@@H](NS(=O)(=O)c2ccccc2)C(=O)O)n1. The van der Waals surface area contributed by atoms with Gasteiger partial charge in [-0.2, -0.15) is 4.72 Å². The number of amides is 2. The third-order valence-electron chi connectivity index (χ3n) is 4.26. The van der Waals surface area contributed by atoms with Crippen LogP contribution in [-0.2, 0) is 30.8 Å². The van der Waals surface area contributed by atoms with Crippen LogP contribution in [0.25, 0.3) is 0 Å². The van der Waals surface area contributed by atoms with Crippen LogP contribution in [0.1, 0.15) is 18.5 Å². The number of aromatic nitrogens is 1. The molecule has 1 heterocycles. The highest BCUT2D eigenvalue weighted by atomic mass is 32.2. The van der Waals surface area contributed by atoms with Gasteiger partial charge in [-0.3, -0.25) is 14.4 Å². The second-order valence-corrected chi connectivity index (χ2v) is 8.53. The van der Waals surface area contributed by atoms with E-state index in [4.69, 9.17) is 5.73 Å². The molecular weight excluding hydrogens is 438 g/mol. The summed E-state index contributed by atoms with van der Waals surface area (Å²) < 4.78 is 26.6. The van der Waals surface area contributed by atoms with Gasteiger partial charge in [0.1, 0.15) is 11.9 Å². The zero-order chi connectivity index (χ0) is 23.6. The smallest absolute Gasteiger partial charge is 0.323 e. The average molecular weight is 464 g/mol. The Labute approximate surface area is 185 Å². The Kier molecular flexibility index (Phi) is 9.10. The van der Waals surface area contributed by atoms with Crippen LogP contribution in [0.3, 0.4) is 0 Å². The zero-order valence-electron chi connectivity index (χ0n) is 17.2. The van der Waals surface area contributed by atoms with Gasteiger partial charge in [0.15, 0.2) is 0 Å². The van der Waals surface area contributed by atoms with Crippen LogP contribution < -0.4 is 21.1 Å². The number of sulfonamides is 1. The molecule has 2 amide bonds. The second-order valence-electron chi connectivity index (χ2n) is 6.81. The fourth-order valence-electron chi connectivity index (χ4n) is 2.65. The van der Waals surface area contributed by atoms with E-state index in [9.17, 15) is 27.9 Å². The molecule has 1 aromatic carbocycles. The lowest BCUT2D eigenvalue weighted by atomic mass is 10.1. The molecule has 0 spiro atoms. The molecule has 0 unspecified atom stereocenters. The van der Waals surface area contributed by atoms with Crippen LogP contribution in [0.4, 0.5) is 5.82 Å². The molecule has 0 saturated heterocycles. The van der Waals surface area contributed by atoms with Gasteiger partial charge in [-0.1, -0.05) is 24.3 Å². The second kappa shape index (κ2) is 11.8. The van der Waals surface area contributed by atoms with E-state index in [0.29, 0.717) is 18.7 Å². The van der Waals surface area contributed by atoms with Gasteiger partial charge in [0.2, 0.25) is 21.8 Å². The summed E-state index contributed by atoms with van der Waals surface area (Å²) in [4.78, 5) is 39.2. The fraction of sp³-hybridized carbons (Fsp3) is 0.300. The van der Waals surface area contributed by atoms with E-state index in [2.05, 4.69) is 15.6 Å². The lowest BCUT2D eigenvalue weighted by Crippen LogP contribution is -2.49. The molecule has 1 aromatic heterocycles. The predicted octanol–water partition coefficient (Wildman–Crippen LogP) is -0.349. The monoisotopic (exact) mass is 463 g/mol. The highest BCUT2D eigenvalue weighted by Gasteiger charge is 2.25. The van der Waals surface area contributed by atoms with Gasteiger partial charge in [0, 0.05) is 18.7 Å². The molecule has 2 rings (SSSR count). The molecule has 11 nitrogen and oxygen atoms in total. The normalized spacial score (nSPS) is 12.0. The third-order valence-corrected chi connectivity index (χ3v) is 5.75. The maximum absolute atomic E-state index is 12.3. The summed E-state index contributed by atoms with van der Waals surface area (Å²) in [5.41, 5.74) is 6.35. The highest BCUT2D eigenvalue weighted by Crippen LogP contribution is 2.08. The largest absolute Gasteiger partial charge is 0.480 e. The molecule has 0 aliphatic rings. The number of carboxylic acids is 1. The molecule has 6 N–H and O–H groups in total. The van der Waals surface area contributed by atoms with Gasteiger partial charge in [0.05, 0.1) is 11.4 Å². The van der Waals surface area contributed by atoms with Crippen molar-refractivity contribution in [2.24, 2.45) is 0 Å². The number of carbonyl (C=O) groups is 3. The van der Waals surface area contributed by atoms with Gasteiger partial charge in [-0.15, -0.1) is 0 Å². The lowest BCUT2D eigenvalue weighted by molar-refractivity contribution is -0.139. The van der Waals surface area contributed by atoms with Crippen LogP contribution in [0, 0.1) is 0 Å². The van der Waals surface area contributed by atoms with Gasteiger partial charge >= 0.3 is 5.97 Å². The van der Waals surface area contributed by atoms with Crippen molar-refractivity contribution in [2.75, 3.05) is 18.8 Å². The maximum Gasteiger partial charge on any atom is 0.323 e. The molecule has 0 saturated carbocycles. The van der Waals surface area contributed by atoms with Gasteiger partial charge in [-0.05, 0) is 37.1 Å². The number of nitrogens with zero attached hydrogens (tertiary/aromatic N) is 1. The molecule has 0 bridgehead atoms. The summed E-state index contributed by atoms with van der Waals surface area (Å²) in [7, 11) is -4.08. The van der Waals surface area contributed by atoms with Crippen molar-refractivity contribution in [3.63, 3.8) is 0 Å². The summed E-state index contributed by atoms with van der Waals surface area (Å²) in [6, 6.07) is 10.9. The third kappa shape index (κ3) is 8.32. The van der Waals surface area contributed by atoms with Crippen molar-refractivity contribution >= 4 is 33.6 Å². The van der Waals surface area contributed by atoms with Crippen molar-refractivity contribution in [3.8, 4) is 0 Å². The molecule has 1 atom stereocenters. The number of rotatable bonds is 12. The van der Waals surface area contributed by atoms with Crippen molar-refractivity contribution in [2.45, 2.75) is 30.2 Å². The van der Waals surface area contributed by atoms with E-state index in [0.717, 1.165) is 5.69 Å². The average Bonchev–Trinajstić information content (AvgIpc) is 2.75. The first-order valence-electron chi connectivity index (χ1n) is 9.72. The molecular formula is C20H25N5O6S. The number of carbonyl (C=O) groups excluding carboxylic acids is 2. The number of aliphatic carboxylic acids is 1. The Morgan fingerprint density at radius 2 is 1.72 bits per heavy atom. The number of nitrogens with two attached hydrogens (primary N) is 1. The molecule has 32 heavy (non-hydrogen) atoms. The molecule has 0 radical (unpaired) electrons. The summed E-state index contributed by atoms with van der Waals surface area (Å²) in [6.45, 7) is -0.857. The summed E-state index contributed by atoms with van der Waals surface area (Å²) in [6.07, 6.45) is 1.22. The summed E-state index contributed by atoms with van der Waals surface area (Å²) >= 11 is 0. The zero-order valence-corrected chi connectivity index (χ0v) is 18.0. The summed E-state index contributed by atoms with van der Waals surface area (Å²) in [5, 5.41) is 14.0. The molecule has 12 heteroatoms. The predicted molar refractivity (Wildman–Crippen MR) is 116 cm³/mol. The van der Waals surface area contributed by atoms with Crippen LogP contribution in [0.2, 0.25) is 0 Å². The van der Waals surface area contributed by atoms with E-state index in [1.807, 2.05) is 4.72 Å². The van der Waals surface area contributed by atoms with Crippen molar-refractivity contribution in [1.82, 2.24) is 20.3 Å². The Morgan fingerprint density at radius 3 is 2.38 bits per heavy atom. The summed E-state index contributed by atoms with van der Waals surface area (Å²) in [5.74, 6) is -2.07. The molecule has 0 fully saturated rings. The highest BCUT2D eigenvalue weighted by molar-refractivity contribution is 7.89. The quantitative estimate of drug-likeness (QED) is 0.283. The fourth-order valence-corrected chi connectivity index (χ4v) is 3.86.